The number of carbonyl (C=O) groups is 1. The van der Waals surface area contributed by atoms with Gasteiger partial charge >= 0.3 is 5.97 Å². The topological polar surface area (TPSA) is 64.3 Å². The number of aromatic carboxylic acids is 1. The number of allylic oxidation sites excluding steroid dienone is 1. The normalized spacial score (nSPS) is 14.8. The summed E-state index contributed by atoms with van der Waals surface area (Å²) < 4.78 is 0. The first-order valence-corrected chi connectivity index (χ1v) is 8.48. The summed E-state index contributed by atoms with van der Waals surface area (Å²) in [7, 11) is 0. The van der Waals surface area contributed by atoms with Gasteiger partial charge in [0.2, 0.25) is 0 Å². The molecule has 0 saturated carbocycles. The molecular formula is C21H20N2O2. The lowest BCUT2D eigenvalue weighted by Gasteiger charge is -2.28. The van der Waals surface area contributed by atoms with Crippen molar-refractivity contribution in [2.24, 2.45) is 0 Å². The molecule has 3 rings (SSSR count). The molecule has 0 bridgehead atoms. The minimum Gasteiger partial charge on any atom is -0.478 e. The summed E-state index contributed by atoms with van der Waals surface area (Å²) in [4.78, 5) is 13.3. The molecule has 1 saturated heterocycles. The standard InChI is InChI=1S/C21H20N2O2/c22-15-19(17-6-8-18(9-7-17)21(24)25)14-16-4-10-20(11-5-16)23-12-2-1-3-13-23/h4-11,14H,1-3,12-13H2,(H,24,25)/b19-14+. The highest BCUT2D eigenvalue weighted by atomic mass is 16.4. The zero-order valence-electron chi connectivity index (χ0n) is 14.0. The zero-order chi connectivity index (χ0) is 17.6. The van der Waals surface area contributed by atoms with Gasteiger partial charge in [-0.3, -0.25) is 0 Å². The fourth-order valence-corrected chi connectivity index (χ4v) is 3.07. The average molecular weight is 332 g/mol. The van der Waals surface area contributed by atoms with Gasteiger partial charge in [0.25, 0.3) is 0 Å². The molecule has 126 valence electrons. The molecule has 4 nitrogen and oxygen atoms in total. The maximum absolute atomic E-state index is 10.9. The Morgan fingerprint density at radius 3 is 2.12 bits per heavy atom. The van der Waals surface area contributed by atoms with Gasteiger partial charge in [0, 0.05) is 18.8 Å². The van der Waals surface area contributed by atoms with Gasteiger partial charge in [-0.05, 0) is 60.7 Å². The van der Waals surface area contributed by atoms with E-state index in [4.69, 9.17) is 5.11 Å². The Hall–Kier alpha value is -3.06. The molecule has 0 radical (unpaired) electrons. The fraction of sp³-hybridized carbons (Fsp3) is 0.238. The number of piperidine rings is 1. The Bertz CT molecular complexity index is 808. The van der Waals surface area contributed by atoms with E-state index >= 15 is 0 Å². The summed E-state index contributed by atoms with van der Waals surface area (Å²) in [6, 6.07) is 16.8. The van der Waals surface area contributed by atoms with Gasteiger partial charge in [0.05, 0.1) is 17.2 Å². The molecule has 2 aromatic rings. The third-order valence-corrected chi connectivity index (χ3v) is 4.49. The van der Waals surface area contributed by atoms with Crippen LogP contribution in [0.25, 0.3) is 11.6 Å². The summed E-state index contributed by atoms with van der Waals surface area (Å²) in [6.45, 7) is 2.21. The number of carboxylic acid groups (broad SMARTS) is 1. The lowest BCUT2D eigenvalue weighted by Crippen LogP contribution is -2.29. The van der Waals surface area contributed by atoms with Crippen LogP contribution in [-0.4, -0.2) is 24.2 Å². The Morgan fingerprint density at radius 1 is 0.960 bits per heavy atom. The van der Waals surface area contributed by atoms with E-state index in [0.717, 1.165) is 18.7 Å². The zero-order valence-corrected chi connectivity index (χ0v) is 14.0. The van der Waals surface area contributed by atoms with Crippen molar-refractivity contribution in [1.29, 1.82) is 5.26 Å². The van der Waals surface area contributed by atoms with Gasteiger partial charge in [0.15, 0.2) is 0 Å². The second-order valence-electron chi connectivity index (χ2n) is 6.19. The van der Waals surface area contributed by atoms with Crippen molar-refractivity contribution in [3.8, 4) is 6.07 Å². The van der Waals surface area contributed by atoms with E-state index in [9.17, 15) is 10.1 Å². The highest BCUT2D eigenvalue weighted by Crippen LogP contribution is 2.23. The number of hydrogen-bond donors (Lipinski definition) is 1. The van der Waals surface area contributed by atoms with Crippen LogP contribution in [0.2, 0.25) is 0 Å². The average Bonchev–Trinajstić information content (AvgIpc) is 2.67. The van der Waals surface area contributed by atoms with E-state index in [-0.39, 0.29) is 5.56 Å². The van der Waals surface area contributed by atoms with Gasteiger partial charge in [0.1, 0.15) is 0 Å². The molecule has 0 amide bonds. The van der Waals surface area contributed by atoms with E-state index in [1.165, 1.54) is 37.1 Å². The van der Waals surface area contributed by atoms with Crippen molar-refractivity contribution in [2.75, 3.05) is 18.0 Å². The van der Waals surface area contributed by atoms with Crippen molar-refractivity contribution < 1.29 is 9.90 Å². The Morgan fingerprint density at radius 2 is 1.56 bits per heavy atom. The third-order valence-electron chi connectivity index (χ3n) is 4.49. The molecule has 4 heteroatoms. The highest BCUT2D eigenvalue weighted by molar-refractivity contribution is 5.92. The Kier molecular flexibility index (Phi) is 5.15. The van der Waals surface area contributed by atoms with Crippen LogP contribution in [-0.2, 0) is 0 Å². The van der Waals surface area contributed by atoms with Crippen molar-refractivity contribution in [3.63, 3.8) is 0 Å². The molecule has 0 atom stereocenters. The minimum atomic E-state index is -0.970. The summed E-state index contributed by atoms with van der Waals surface area (Å²) in [6.07, 6.45) is 5.62. The Labute approximate surface area is 147 Å². The molecule has 0 aromatic heterocycles. The van der Waals surface area contributed by atoms with Crippen molar-refractivity contribution in [2.45, 2.75) is 19.3 Å². The predicted molar refractivity (Wildman–Crippen MR) is 99.4 cm³/mol. The number of benzene rings is 2. The van der Waals surface area contributed by atoms with Crippen molar-refractivity contribution in [1.82, 2.24) is 0 Å². The maximum Gasteiger partial charge on any atom is 0.335 e. The first-order chi connectivity index (χ1) is 12.2. The maximum atomic E-state index is 10.9. The van der Waals surface area contributed by atoms with Crippen LogP contribution in [0.5, 0.6) is 0 Å². The molecule has 1 aliphatic heterocycles. The molecule has 1 aliphatic rings. The largest absolute Gasteiger partial charge is 0.478 e. The third kappa shape index (κ3) is 4.07. The van der Waals surface area contributed by atoms with Gasteiger partial charge in [-0.2, -0.15) is 5.26 Å². The lowest BCUT2D eigenvalue weighted by atomic mass is 10.0. The molecule has 1 fully saturated rings. The van der Waals surface area contributed by atoms with E-state index in [0.29, 0.717) is 11.1 Å². The predicted octanol–water partition coefficient (Wildman–Crippen LogP) is 4.44. The minimum absolute atomic E-state index is 0.215. The highest BCUT2D eigenvalue weighted by Gasteiger charge is 2.10. The fourth-order valence-electron chi connectivity index (χ4n) is 3.07. The first-order valence-electron chi connectivity index (χ1n) is 8.48. The number of hydrogen-bond acceptors (Lipinski definition) is 3. The van der Waals surface area contributed by atoms with Crippen molar-refractivity contribution in [3.05, 3.63) is 65.2 Å². The van der Waals surface area contributed by atoms with Crippen LogP contribution in [0.1, 0.15) is 40.7 Å². The van der Waals surface area contributed by atoms with Crippen LogP contribution >= 0.6 is 0 Å². The van der Waals surface area contributed by atoms with Gasteiger partial charge in [-0.25, -0.2) is 4.79 Å². The summed E-state index contributed by atoms with van der Waals surface area (Å²) in [5, 5.41) is 18.4. The van der Waals surface area contributed by atoms with E-state index in [1.807, 2.05) is 18.2 Å². The van der Waals surface area contributed by atoms with Crippen LogP contribution in [0.4, 0.5) is 5.69 Å². The molecule has 0 unspecified atom stereocenters. The number of nitriles is 1. The Balaban J connectivity index is 1.79. The number of anilines is 1. The van der Waals surface area contributed by atoms with Crippen LogP contribution in [0.15, 0.2) is 48.5 Å². The molecule has 1 N–H and O–H groups in total. The molecule has 2 aromatic carbocycles. The van der Waals surface area contributed by atoms with E-state index in [1.54, 1.807) is 12.1 Å². The van der Waals surface area contributed by atoms with E-state index in [2.05, 4.69) is 23.1 Å². The molecule has 25 heavy (non-hydrogen) atoms. The second kappa shape index (κ2) is 7.67. The number of rotatable bonds is 4. The lowest BCUT2D eigenvalue weighted by molar-refractivity contribution is 0.0697. The molecule has 1 heterocycles. The summed E-state index contributed by atoms with van der Waals surface area (Å²) >= 11 is 0. The smallest absolute Gasteiger partial charge is 0.335 e. The first kappa shape index (κ1) is 16.8. The monoisotopic (exact) mass is 332 g/mol. The molecule has 0 aliphatic carbocycles. The number of nitrogens with zero attached hydrogens (tertiary/aromatic N) is 2. The molecular weight excluding hydrogens is 312 g/mol. The van der Waals surface area contributed by atoms with Crippen molar-refractivity contribution >= 4 is 23.3 Å². The molecule has 0 spiro atoms. The summed E-state index contributed by atoms with van der Waals surface area (Å²) in [5.74, 6) is -0.970. The van der Waals surface area contributed by atoms with Gasteiger partial charge in [-0.1, -0.05) is 24.3 Å². The number of carboxylic acids is 1. The van der Waals surface area contributed by atoms with Crippen LogP contribution in [0, 0.1) is 11.3 Å². The second-order valence-corrected chi connectivity index (χ2v) is 6.19. The summed E-state index contributed by atoms with van der Waals surface area (Å²) in [5.41, 5.74) is 3.63. The van der Waals surface area contributed by atoms with Crippen LogP contribution in [0.3, 0.4) is 0 Å². The van der Waals surface area contributed by atoms with Crippen LogP contribution < -0.4 is 4.90 Å². The SMILES string of the molecule is N#C/C(=C\c1ccc(N2CCCCC2)cc1)c1ccc(C(=O)O)cc1. The van der Waals surface area contributed by atoms with Gasteiger partial charge in [-0.15, -0.1) is 0 Å². The quantitative estimate of drug-likeness (QED) is 0.664. The van der Waals surface area contributed by atoms with Gasteiger partial charge < -0.3 is 10.0 Å². The van der Waals surface area contributed by atoms with E-state index < -0.39 is 5.97 Å².